The van der Waals surface area contributed by atoms with Crippen molar-refractivity contribution in [1.29, 1.82) is 0 Å². The quantitative estimate of drug-likeness (QED) is 0.835. The van der Waals surface area contributed by atoms with Crippen LogP contribution in [-0.4, -0.2) is 41.4 Å². The Morgan fingerprint density at radius 1 is 1.59 bits per heavy atom. The van der Waals surface area contributed by atoms with E-state index in [-0.39, 0.29) is 0 Å². The van der Waals surface area contributed by atoms with E-state index in [2.05, 4.69) is 35.5 Å². The molecular formula is C13H24N4. The van der Waals surface area contributed by atoms with E-state index in [0.717, 1.165) is 6.54 Å². The van der Waals surface area contributed by atoms with Crippen molar-refractivity contribution in [3.8, 4) is 0 Å². The number of rotatable bonds is 5. The van der Waals surface area contributed by atoms with Crippen LogP contribution in [-0.2, 0) is 13.6 Å². The number of nitrogens with one attached hydrogen (secondary N) is 1. The minimum absolute atomic E-state index is 0.483. The number of hydrogen-bond acceptors (Lipinski definition) is 3. The average molecular weight is 236 g/mol. The Hall–Kier alpha value is -0.870. The second kappa shape index (κ2) is 5.19. The van der Waals surface area contributed by atoms with Crippen LogP contribution in [0.2, 0.25) is 0 Å². The van der Waals surface area contributed by atoms with Crippen LogP contribution in [0.3, 0.4) is 0 Å². The number of aromatic nitrogens is 2. The molecule has 4 heteroatoms. The SMILES string of the molecule is CCC1(CN(C)Cc2cnn(C)c2)CCNC1. The van der Waals surface area contributed by atoms with Crippen molar-refractivity contribution in [2.24, 2.45) is 12.5 Å². The zero-order chi connectivity index (χ0) is 12.3. The van der Waals surface area contributed by atoms with E-state index in [4.69, 9.17) is 0 Å². The average Bonchev–Trinajstić information content (AvgIpc) is 2.89. The summed E-state index contributed by atoms with van der Waals surface area (Å²) in [5.74, 6) is 0. The molecule has 4 nitrogen and oxygen atoms in total. The first-order valence-electron chi connectivity index (χ1n) is 6.50. The topological polar surface area (TPSA) is 33.1 Å². The Labute approximate surface area is 104 Å². The number of nitrogens with zero attached hydrogens (tertiary/aromatic N) is 3. The van der Waals surface area contributed by atoms with Crippen LogP contribution in [0.4, 0.5) is 0 Å². The van der Waals surface area contributed by atoms with Crippen LogP contribution in [0, 0.1) is 5.41 Å². The van der Waals surface area contributed by atoms with E-state index >= 15 is 0 Å². The second-order valence-corrected chi connectivity index (χ2v) is 5.47. The van der Waals surface area contributed by atoms with Crippen molar-refractivity contribution in [3.63, 3.8) is 0 Å². The van der Waals surface area contributed by atoms with Crippen LogP contribution >= 0.6 is 0 Å². The van der Waals surface area contributed by atoms with E-state index in [0.29, 0.717) is 5.41 Å². The third-order valence-electron chi connectivity index (χ3n) is 3.90. The summed E-state index contributed by atoms with van der Waals surface area (Å²) < 4.78 is 1.87. The van der Waals surface area contributed by atoms with Crippen LogP contribution in [0.1, 0.15) is 25.3 Å². The predicted molar refractivity (Wildman–Crippen MR) is 69.8 cm³/mol. The molecule has 0 bridgehead atoms. The molecule has 17 heavy (non-hydrogen) atoms. The van der Waals surface area contributed by atoms with E-state index in [9.17, 15) is 0 Å². The molecule has 1 aliphatic rings. The molecule has 1 fully saturated rings. The summed E-state index contributed by atoms with van der Waals surface area (Å²) in [7, 11) is 4.18. The fourth-order valence-electron chi connectivity index (χ4n) is 2.84. The first-order chi connectivity index (χ1) is 8.13. The van der Waals surface area contributed by atoms with E-state index in [1.54, 1.807) is 0 Å². The summed E-state index contributed by atoms with van der Waals surface area (Å²) in [5, 5.41) is 7.71. The zero-order valence-corrected chi connectivity index (χ0v) is 11.2. The van der Waals surface area contributed by atoms with E-state index in [1.165, 1.54) is 38.0 Å². The summed E-state index contributed by atoms with van der Waals surface area (Å²) in [6, 6.07) is 0. The molecule has 0 aliphatic carbocycles. The molecule has 0 radical (unpaired) electrons. The Balaban J connectivity index is 1.90. The van der Waals surface area contributed by atoms with Crippen LogP contribution < -0.4 is 5.32 Å². The Kier molecular flexibility index (Phi) is 3.84. The van der Waals surface area contributed by atoms with Crippen molar-refractivity contribution < 1.29 is 0 Å². The van der Waals surface area contributed by atoms with Crippen LogP contribution in [0.25, 0.3) is 0 Å². The van der Waals surface area contributed by atoms with Gasteiger partial charge in [-0.1, -0.05) is 6.92 Å². The summed E-state index contributed by atoms with van der Waals surface area (Å²) >= 11 is 0. The molecule has 1 aliphatic heterocycles. The van der Waals surface area contributed by atoms with Gasteiger partial charge in [0.1, 0.15) is 0 Å². The lowest BCUT2D eigenvalue weighted by atomic mass is 9.84. The molecule has 2 heterocycles. The van der Waals surface area contributed by atoms with E-state index in [1.807, 2.05) is 17.9 Å². The first-order valence-corrected chi connectivity index (χ1v) is 6.50. The standard InChI is InChI=1S/C13H24N4/c1-4-13(5-6-14-10-13)11-16(2)8-12-7-15-17(3)9-12/h7,9,14H,4-6,8,10-11H2,1-3H3. The number of aryl methyl sites for hydroxylation is 1. The smallest absolute Gasteiger partial charge is 0.0534 e. The molecule has 1 aromatic rings. The zero-order valence-electron chi connectivity index (χ0n) is 11.2. The Bertz CT molecular complexity index is 352. The van der Waals surface area contributed by atoms with Gasteiger partial charge in [0.25, 0.3) is 0 Å². The lowest BCUT2D eigenvalue weighted by Crippen LogP contribution is -2.36. The largest absolute Gasteiger partial charge is 0.316 e. The van der Waals surface area contributed by atoms with Gasteiger partial charge in [0.05, 0.1) is 6.20 Å². The van der Waals surface area contributed by atoms with Crippen molar-refractivity contribution in [2.75, 3.05) is 26.7 Å². The van der Waals surface area contributed by atoms with Crippen molar-refractivity contribution >= 4 is 0 Å². The summed E-state index contributed by atoms with van der Waals surface area (Å²) in [6.07, 6.45) is 6.63. The van der Waals surface area contributed by atoms with E-state index < -0.39 is 0 Å². The highest BCUT2D eigenvalue weighted by Crippen LogP contribution is 2.30. The summed E-state index contributed by atoms with van der Waals surface area (Å²) in [4.78, 5) is 2.42. The fraction of sp³-hybridized carbons (Fsp3) is 0.769. The molecule has 0 saturated carbocycles. The van der Waals surface area contributed by atoms with Gasteiger partial charge in [0, 0.05) is 38.4 Å². The lowest BCUT2D eigenvalue weighted by molar-refractivity contribution is 0.179. The van der Waals surface area contributed by atoms with Gasteiger partial charge < -0.3 is 10.2 Å². The molecular weight excluding hydrogens is 212 g/mol. The highest BCUT2D eigenvalue weighted by atomic mass is 15.2. The molecule has 96 valence electrons. The fourth-order valence-corrected chi connectivity index (χ4v) is 2.84. The maximum atomic E-state index is 4.22. The molecule has 1 aromatic heterocycles. The van der Waals surface area contributed by atoms with Crippen molar-refractivity contribution in [3.05, 3.63) is 18.0 Å². The molecule has 0 aromatic carbocycles. The molecule has 0 amide bonds. The maximum absolute atomic E-state index is 4.22. The molecule has 1 saturated heterocycles. The summed E-state index contributed by atoms with van der Waals surface area (Å²) in [6.45, 7) is 6.82. The lowest BCUT2D eigenvalue weighted by Gasteiger charge is -2.31. The molecule has 2 rings (SSSR count). The maximum Gasteiger partial charge on any atom is 0.0534 e. The van der Waals surface area contributed by atoms with Gasteiger partial charge in [-0.25, -0.2) is 0 Å². The van der Waals surface area contributed by atoms with Crippen molar-refractivity contribution in [2.45, 2.75) is 26.3 Å². The van der Waals surface area contributed by atoms with Crippen LogP contribution in [0.15, 0.2) is 12.4 Å². The third-order valence-corrected chi connectivity index (χ3v) is 3.90. The molecule has 1 atom stereocenters. The molecule has 1 unspecified atom stereocenters. The molecule has 1 N–H and O–H groups in total. The molecule has 0 spiro atoms. The third kappa shape index (κ3) is 3.07. The monoisotopic (exact) mass is 236 g/mol. The highest BCUT2D eigenvalue weighted by Gasteiger charge is 2.32. The Morgan fingerprint density at radius 2 is 2.41 bits per heavy atom. The van der Waals surface area contributed by atoms with Gasteiger partial charge in [-0.3, -0.25) is 4.68 Å². The van der Waals surface area contributed by atoms with Crippen molar-refractivity contribution in [1.82, 2.24) is 20.0 Å². The first kappa shape index (κ1) is 12.6. The van der Waals surface area contributed by atoms with Gasteiger partial charge in [0.15, 0.2) is 0 Å². The second-order valence-electron chi connectivity index (χ2n) is 5.47. The minimum atomic E-state index is 0.483. The number of hydrogen-bond donors (Lipinski definition) is 1. The van der Waals surface area contributed by atoms with Gasteiger partial charge >= 0.3 is 0 Å². The van der Waals surface area contributed by atoms with Gasteiger partial charge in [0.2, 0.25) is 0 Å². The van der Waals surface area contributed by atoms with Crippen LogP contribution in [0.5, 0.6) is 0 Å². The minimum Gasteiger partial charge on any atom is -0.316 e. The summed E-state index contributed by atoms with van der Waals surface area (Å²) in [5.41, 5.74) is 1.78. The Morgan fingerprint density at radius 3 is 2.94 bits per heavy atom. The predicted octanol–water partition coefficient (Wildman–Crippen LogP) is 1.24. The van der Waals surface area contributed by atoms with Gasteiger partial charge in [-0.2, -0.15) is 5.10 Å². The highest BCUT2D eigenvalue weighted by molar-refractivity contribution is 5.03. The van der Waals surface area contributed by atoms with Gasteiger partial charge in [-0.15, -0.1) is 0 Å². The normalized spacial score (nSPS) is 24.7. The van der Waals surface area contributed by atoms with Gasteiger partial charge in [-0.05, 0) is 31.8 Å².